The highest BCUT2D eigenvalue weighted by Gasteiger charge is 2.24. The van der Waals surface area contributed by atoms with E-state index in [1.54, 1.807) is 0 Å². The van der Waals surface area contributed by atoms with Crippen molar-refractivity contribution in [1.29, 1.82) is 0 Å². The Morgan fingerprint density at radius 2 is 2.14 bits per heavy atom. The molecule has 1 fully saturated rings. The Kier molecular flexibility index (Phi) is 7.76. The summed E-state index contributed by atoms with van der Waals surface area (Å²) in [5.41, 5.74) is 0. The lowest BCUT2D eigenvalue weighted by atomic mass is 9.94. The van der Waals surface area contributed by atoms with Crippen molar-refractivity contribution in [2.24, 2.45) is 5.92 Å². The zero-order valence-corrected chi connectivity index (χ0v) is 14.6. The Hall–Kier alpha value is -0.380. The predicted octanol–water partition coefficient (Wildman–Crippen LogP) is 4.17. The van der Waals surface area contributed by atoms with Gasteiger partial charge in [-0.3, -0.25) is 0 Å². The molecular weight excluding hydrogens is 276 g/mol. The van der Waals surface area contributed by atoms with Crippen molar-refractivity contribution in [2.75, 3.05) is 26.7 Å². The van der Waals surface area contributed by atoms with Crippen LogP contribution in [0.2, 0.25) is 0 Å². The number of thiophene rings is 1. The first kappa shape index (κ1) is 17.0. The van der Waals surface area contributed by atoms with E-state index in [1.165, 1.54) is 69.5 Å². The van der Waals surface area contributed by atoms with E-state index in [1.807, 2.05) is 11.3 Å². The Labute approximate surface area is 134 Å². The Morgan fingerprint density at radius 3 is 2.90 bits per heavy atom. The Bertz CT molecular complexity index is 363. The molecule has 2 unspecified atom stereocenters. The highest BCUT2D eigenvalue weighted by Crippen LogP contribution is 2.24. The van der Waals surface area contributed by atoms with E-state index < -0.39 is 0 Å². The van der Waals surface area contributed by atoms with E-state index in [4.69, 9.17) is 0 Å². The van der Waals surface area contributed by atoms with Gasteiger partial charge >= 0.3 is 0 Å². The van der Waals surface area contributed by atoms with Crippen LogP contribution in [0.25, 0.3) is 0 Å². The fourth-order valence-electron chi connectivity index (χ4n) is 3.45. The smallest absolute Gasteiger partial charge is 0.0107 e. The van der Waals surface area contributed by atoms with Crippen LogP contribution in [0, 0.1) is 5.92 Å². The van der Waals surface area contributed by atoms with Crippen molar-refractivity contribution < 1.29 is 0 Å². The minimum atomic E-state index is 0.747. The fourth-order valence-corrected chi connectivity index (χ4v) is 4.15. The lowest BCUT2D eigenvalue weighted by Gasteiger charge is -2.30. The second-order valence-electron chi connectivity index (χ2n) is 6.55. The van der Waals surface area contributed by atoms with Crippen LogP contribution in [0.3, 0.4) is 0 Å². The summed E-state index contributed by atoms with van der Waals surface area (Å²) in [6, 6.07) is 5.17. The normalized spacial score (nSPS) is 23.4. The summed E-state index contributed by atoms with van der Waals surface area (Å²) < 4.78 is 0. The van der Waals surface area contributed by atoms with Gasteiger partial charge in [0.15, 0.2) is 0 Å². The number of rotatable bonds is 8. The van der Waals surface area contributed by atoms with Crippen LogP contribution in [-0.4, -0.2) is 37.6 Å². The average Bonchev–Trinajstić information content (AvgIpc) is 2.91. The fraction of sp³-hybridized carbons (Fsp3) is 0.778. The number of nitrogens with one attached hydrogen (secondary N) is 1. The van der Waals surface area contributed by atoms with Gasteiger partial charge in [0.2, 0.25) is 0 Å². The number of nitrogens with zero attached hydrogens (tertiary/aromatic N) is 1. The van der Waals surface area contributed by atoms with Crippen LogP contribution in [0.15, 0.2) is 17.5 Å². The molecule has 21 heavy (non-hydrogen) atoms. The van der Waals surface area contributed by atoms with Gasteiger partial charge in [-0.05, 0) is 56.6 Å². The minimum Gasteiger partial charge on any atom is -0.314 e. The maximum Gasteiger partial charge on any atom is 0.0107 e. The van der Waals surface area contributed by atoms with Crippen molar-refractivity contribution in [3.05, 3.63) is 22.4 Å². The van der Waals surface area contributed by atoms with Gasteiger partial charge in [-0.1, -0.05) is 32.3 Å². The summed E-state index contributed by atoms with van der Waals surface area (Å²) >= 11 is 1.89. The molecule has 3 heteroatoms. The van der Waals surface area contributed by atoms with Crippen molar-refractivity contribution >= 4 is 11.3 Å². The molecule has 0 saturated heterocycles. The third kappa shape index (κ3) is 6.09. The zero-order chi connectivity index (χ0) is 14.9. The van der Waals surface area contributed by atoms with Gasteiger partial charge in [-0.25, -0.2) is 0 Å². The van der Waals surface area contributed by atoms with Gasteiger partial charge < -0.3 is 10.2 Å². The molecule has 1 aromatic heterocycles. The average molecular weight is 309 g/mol. The summed E-state index contributed by atoms with van der Waals surface area (Å²) in [7, 11) is 2.30. The molecule has 2 atom stereocenters. The molecule has 2 rings (SSSR count). The van der Waals surface area contributed by atoms with E-state index >= 15 is 0 Å². The SMILES string of the molecule is CCCNC1CCCCCC1CN(C)CCc1cccs1. The van der Waals surface area contributed by atoms with E-state index in [2.05, 4.69) is 41.7 Å². The van der Waals surface area contributed by atoms with Crippen LogP contribution in [0.5, 0.6) is 0 Å². The first-order valence-corrected chi connectivity index (χ1v) is 9.62. The molecule has 0 aliphatic heterocycles. The lowest BCUT2D eigenvalue weighted by Crippen LogP contribution is -2.41. The van der Waals surface area contributed by atoms with Crippen LogP contribution in [0.4, 0.5) is 0 Å². The first-order chi connectivity index (χ1) is 10.3. The van der Waals surface area contributed by atoms with Gasteiger partial charge in [-0.2, -0.15) is 0 Å². The Balaban J connectivity index is 1.78. The molecule has 0 amide bonds. The molecule has 2 nitrogen and oxygen atoms in total. The highest BCUT2D eigenvalue weighted by molar-refractivity contribution is 7.09. The molecule has 0 aromatic carbocycles. The van der Waals surface area contributed by atoms with Crippen molar-refractivity contribution in [2.45, 2.75) is 57.9 Å². The number of likely N-dealkylation sites (N-methyl/N-ethyl adjacent to an activating group) is 1. The van der Waals surface area contributed by atoms with Crippen molar-refractivity contribution in [3.63, 3.8) is 0 Å². The first-order valence-electron chi connectivity index (χ1n) is 8.74. The van der Waals surface area contributed by atoms with Crippen LogP contribution >= 0.6 is 11.3 Å². The van der Waals surface area contributed by atoms with Gasteiger partial charge in [0.25, 0.3) is 0 Å². The molecule has 120 valence electrons. The van der Waals surface area contributed by atoms with Gasteiger partial charge in [0.05, 0.1) is 0 Å². The highest BCUT2D eigenvalue weighted by atomic mass is 32.1. The maximum absolute atomic E-state index is 3.81. The van der Waals surface area contributed by atoms with E-state index in [0.717, 1.165) is 12.0 Å². The van der Waals surface area contributed by atoms with Crippen LogP contribution in [-0.2, 0) is 6.42 Å². The third-order valence-electron chi connectivity index (χ3n) is 4.68. The van der Waals surface area contributed by atoms with Gasteiger partial charge in [0.1, 0.15) is 0 Å². The van der Waals surface area contributed by atoms with E-state index in [-0.39, 0.29) is 0 Å². The molecule has 1 aromatic rings. The van der Waals surface area contributed by atoms with Crippen molar-refractivity contribution in [3.8, 4) is 0 Å². The Morgan fingerprint density at radius 1 is 1.29 bits per heavy atom. The quantitative estimate of drug-likeness (QED) is 0.725. The minimum absolute atomic E-state index is 0.747. The third-order valence-corrected chi connectivity index (χ3v) is 5.62. The second-order valence-corrected chi connectivity index (χ2v) is 7.58. The maximum atomic E-state index is 3.81. The molecule has 1 aliphatic carbocycles. The molecule has 1 N–H and O–H groups in total. The second kappa shape index (κ2) is 9.60. The van der Waals surface area contributed by atoms with Crippen LogP contribution in [0.1, 0.15) is 50.3 Å². The number of hydrogen-bond acceptors (Lipinski definition) is 3. The van der Waals surface area contributed by atoms with Crippen LogP contribution < -0.4 is 5.32 Å². The molecule has 0 bridgehead atoms. The monoisotopic (exact) mass is 308 g/mol. The molecule has 1 aliphatic rings. The summed E-state index contributed by atoms with van der Waals surface area (Å²) in [5, 5.41) is 6.00. The largest absolute Gasteiger partial charge is 0.314 e. The molecular formula is C18H32N2S. The predicted molar refractivity (Wildman–Crippen MR) is 94.2 cm³/mol. The summed E-state index contributed by atoms with van der Waals surface area (Å²) in [5.74, 6) is 0.840. The van der Waals surface area contributed by atoms with E-state index in [0.29, 0.717) is 0 Å². The topological polar surface area (TPSA) is 15.3 Å². The number of hydrogen-bond donors (Lipinski definition) is 1. The van der Waals surface area contributed by atoms with Gasteiger partial charge in [0, 0.05) is 24.0 Å². The zero-order valence-electron chi connectivity index (χ0n) is 13.8. The summed E-state index contributed by atoms with van der Waals surface area (Å²) in [6.45, 7) is 5.90. The molecule has 0 radical (unpaired) electrons. The van der Waals surface area contributed by atoms with Gasteiger partial charge in [-0.15, -0.1) is 11.3 Å². The molecule has 1 heterocycles. The van der Waals surface area contributed by atoms with E-state index in [9.17, 15) is 0 Å². The standard InChI is InChI=1S/C18H32N2S/c1-3-12-19-18-10-6-4-5-8-16(18)15-20(2)13-11-17-9-7-14-21-17/h7,9,14,16,18-19H,3-6,8,10-13,15H2,1-2H3. The summed E-state index contributed by atoms with van der Waals surface area (Å²) in [4.78, 5) is 4.07. The lowest BCUT2D eigenvalue weighted by molar-refractivity contribution is 0.226. The van der Waals surface area contributed by atoms with Crippen molar-refractivity contribution in [1.82, 2.24) is 10.2 Å². The molecule has 1 saturated carbocycles. The molecule has 0 spiro atoms. The summed E-state index contributed by atoms with van der Waals surface area (Å²) in [6.07, 6.45) is 9.50.